The Morgan fingerprint density at radius 1 is 1.07 bits per heavy atom. The first-order chi connectivity index (χ1) is 12.9. The summed E-state index contributed by atoms with van der Waals surface area (Å²) >= 11 is 5.97. The van der Waals surface area contributed by atoms with Crippen molar-refractivity contribution in [3.63, 3.8) is 0 Å². The Morgan fingerprint density at radius 3 is 2.33 bits per heavy atom. The average molecular weight is 384 g/mol. The van der Waals surface area contributed by atoms with E-state index in [1.54, 1.807) is 31.2 Å². The summed E-state index contributed by atoms with van der Waals surface area (Å²) in [5.41, 5.74) is 7.62. The van der Waals surface area contributed by atoms with Crippen LogP contribution in [0.25, 0.3) is 0 Å². The van der Waals surface area contributed by atoms with Gasteiger partial charge in [-0.15, -0.1) is 0 Å². The predicted octanol–water partition coefficient (Wildman–Crippen LogP) is 3.88. The molecule has 1 unspecified atom stereocenters. The second-order valence-electron chi connectivity index (χ2n) is 6.78. The van der Waals surface area contributed by atoms with Crippen molar-refractivity contribution in [3.05, 3.63) is 70.2 Å². The molecule has 1 fully saturated rings. The highest BCUT2D eigenvalue weighted by Gasteiger charge is 2.25. The summed E-state index contributed by atoms with van der Waals surface area (Å²) < 4.78 is 0. The number of rotatable bonds is 3. The third-order valence-corrected chi connectivity index (χ3v) is 4.96. The van der Waals surface area contributed by atoms with Crippen LogP contribution in [0.2, 0.25) is 5.02 Å². The van der Waals surface area contributed by atoms with E-state index in [0.717, 1.165) is 19.4 Å². The molecule has 2 aromatic carbocycles. The summed E-state index contributed by atoms with van der Waals surface area (Å²) in [6.45, 7) is 2.97. The zero-order chi connectivity index (χ0) is 19.4. The number of carbonyl (C=O) groups excluding carboxylic acids is 2. The number of aliphatic imine (C=N–C) groups is 1. The summed E-state index contributed by atoms with van der Waals surface area (Å²) in [6, 6.07) is 14.4. The summed E-state index contributed by atoms with van der Waals surface area (Å²) in [4.78, 5) is 30.3. The van der Waals surface area contributed by atoms with E-state index in [4.69, 9.17) is 17.3 Å². The summed E-state index contributed by atoms with van der Waals surface area (Å²) in [5, 5.41) is 0.714. The van der Waals surface area contributed by atoms with Gasteiger partial charge in [-0.1, -0.05) is 23.7 Å². The third kappa shape index (κ3) is 4.74. The second-order valence-corrected chi connectivity index (χ2v) is 7.21. The molecule has 1 saturated heterocycles. The number of carbonyl (C=O) groups is 2. The summed E-state index contributed by atoms with van der Waals surface area (Å²) in [5.74, 6) is 0.0883. The number of amidine groups is 1. The van der Waals surface area contributed by atoms with Crippen molar-refractivity contribution >= 4 is 29.3 Å². The molecule has 0 spiro atoms. The molecule has 2 N–H and O–H groups in total. The van der Waals surface area contributed by atoms with Crippen molar-refractivity contribution in [1.82, 2.24) is 4.90 Å². The molecule has 0 saturated carbocycles. The van der Waals surface area contributed by atoms with Gasteiger partial charge in [0.1, 0.15) is 5.84 Å². The van der Waals surface area contributed by atoms with Gasteiger partial charge in [0.05, 0.1) is 0 Å². The number of piperidine rings is 1. The van der Waals surface area contributed by atoms with Crippen molar-refractivity contribution in [2.24, 2.45) is 10.7 Å². The average Bonchev–Trinajstić information content (AvgIpc) is 2.67. The molecular formula is C21H22ClN3O2. The fraction of sp³-hybridized carbons (Fsp3) is 0.286. The van der Waals surface area contributed by atoms with Crippen LogP contribution >= 0.6 is 11.6 Å². The monoisotopic (exact) mass is 383 g/mol. The number of likely N-dealkylation sites (tertiary alicyclic amines) is 1. The molecular weight excluding hydrogens is 362 g/mol. The Balaban J connectivity index is 1.70. The highest BCUT2D eigenvalue weighted by atomic mass is 35.5. The quantitative estimate of drug-likeness (QED) is 0.645. The van der Waals surface area contributed by atoms with Gasteiger partial charge in [0.15, 0.2) is 0 Å². The lowest BCUT2D eigenvalue weighted by Crippen LogP contribution is -2.39. The second kappa shape index (κ2) is 8.35. The molecule has 1 atom stereocenters. The Hall–Kier alpha value is -2.66. The van der Waals surface area contributed by atoms with E-state index >= 15 is 0 Å². The third-order valence-electron chi connectivity index (χ3n) is 4.71. The normalized spacial score (nSPS) is 17.6. The highest BCUT2D eigenvalue weighted by Crippen LogP contribution is 2.28. The fourth-order valence-corrected chi connectivity index (χ4v) is 3.46. The van der Waals surface area contributed by atoms with Gasteiger partial charge < -0.3 is 10.6 Å². The zero-order valence-corrected chi connectivity index (χ0v) is 15.9. The SMILES string of the molecule is CC(N)=NC(=O)c1ccc(C(=O)N2CCCC(c3ccc(Cl)cc3)C2)cc1. The highest BCUT2D eigenvalue weighted by molar-refractivity contribution is 6.30. The van der Waals surface area contributed by atoms with Crippen LogP contribution in [0.4, 0.5) is 0 Å². The smallest absolute Gasteiger partial charge is 0.278 e. The summed E-state index contributed by atoms with van der Waals surface area (Å²) in [7, 11) is 0. The standard InChI is InChI=1S/C21H22ClN3O2/c1-14(23)24-20(26)16-4-6-17(7-5-16)21(27)25-12-2-3-18(13-25)15-8-10-19(22)11-9-15/h4-11,18H,2-3,12-13H2,1H3,(H2,23,24,26). The maximum atomic E-state index is 12.9. The van der Waals surface area contributed by atoms with E-state index in [9.17, 15) is 9.59 Å². The Kier molecular flexibility index (Phi) is 5.91. The van der Waals surface area contributed by atoms with Crippen molar-refractivity contribution < 1.29 is 9.59 Å². The molecule has 5 nitrogen and oxygen atoms in total. The van der Waals surface area contributed by atoms with Crippen LogP contribution in [0.15, 0.2) is 53.5 Å². The predicted molar refractivity (Wildman–Crippen MR) is 107 cm³/mol. The van der Waals surface area contributed by atoms with Gasteiger partial charge in [0.25, 0.3) is 11.8 Å². The van der Waals surface area contributed by atoms with Crippen LogP contribution in [-0.2, 0) is 0 Å². The molecule has 6 heteroatoms. The van der Waals surface area contributed by atoms with E-state index in [0.29, 0.717) is 28.6 Å². The number of hydrogen-bond donors (Lipinski definition) is 1. The molecule has 0 radical (unpaired) electrons. The van der Waals surface area contributed by atoms with Gasteiger partial charge in [0.2, 0.25) is 0 Å². The minimum absolute atomic E-state index is 0.0221. The van der Waals surface area contributed by atoms with Crippen molar-refractivity contribution in [1.29, 1.82) is 0 Å². The largest absolute Gasteiger partial charge is 0.387 e. The zero-order valence-electron chi connectivity index (χ0n) is 15.2. The maximum Gasteiger partial charge on any atom is 0.278 e. The van der Waals surface area contributed by atoms with Gasteiger partial charge in [-0.2, -0.15) is 4.99 Å². The van der Waals surface area contributed by atoms with Crippen LogP contribution in [0.1, 0.15) is 52.0 Å². The van der Waals surface area contributed by atoms with Gasteiger partial charge in [0, 0.05) is 35.2 Å². The van der Waals surface area contributed by atoms with Crippen LogP contribution in [0.3, 0.4) is 0 Å². The number of benzene rings is 2. The van der Waals surface area contributed by atoms with Crippen molar-refractivity contribution in [2.75, 3.05) is 13.1 Å². The lowest BCUT2D eigenvalue weighted by atomic mass is 9.90. The van der Waals surface area contributed by atoms with Gasteiger partial charge >= 0.3 is 0 Å². The molecule has 0 aliphatic carbocycles. The van der Waals surface area contributed by atoms with Crippen LogP contribution in [0.5, 0.6) is 0 Å². The van der Waals surface area contributed by atoms with Crippen molar-refractivity contribution in [3.8, 4) is 0 Å². The van der Waals surface area contributed by atoms with E-state index in [1.165, 1.54) is 5.56 Å². The minimum atomic E-state index is -0.408. The van der Waals surface area contributed by atoms with E-state index < -0.39 is 5.91 Å². The Morgan fingerprint density at radius 2 is 1.70 bits per heavy atom. The number of nitrogens with two attached hydrogens (primary N) is 1. The molecule has 3 rings (SSSR count). The molecule has 0 bridgehead atoms. The fourth-order valence-electron chi connectivity index (χ4n) is 3.33. The Labute approximate surface area is 163 Å². The van der Waals surface area contributed by atoms with Gasteiger partial charge in [-0.3, -0.25) is 9.59 Å². The van der Waals surface area contributed by atoms with E-state index in [-0.39, 0.29) is 11.7 Å². The molecule has 27 heavy (non-hydrogen) atoms. The number of halogens is 1. The number of amides is 2. The minimum Gasteiger partial charge on any atom is -0.387 e. The Bertz CT molecular complexity index is 856. The van der Waals surface area contributed by atoms with Crippen LogP contribution in [0, 0.1) is 0 Å². The molecule has 1 aliphatic rings. The molecule has 2 amide bonds. The van der Waals surface area contributed by atoms with E-state index in [2.05, 4.69) is 4.99 Å². The number of hydrogen-bond acceptors (Lipinski definition) is 2. The number of nitrogens with zero attached hydrogens (tertiary/aromatic N) is 2. The van der Waals surface area contributed by atoms with E-state index in [1.807, 2.05) is 29.2 Å². The topological polar surface area (TPSA) is 75.8 Å². The van der Waals surface area contributed by atoms with Gasteiger partial charge in [-0.25, -0.2) is 0 Å². The van der Waals surface area contributed by atoms with Gasteiger partial charge in [-0.05, 0) is 61.7 Å². The maximum absolute atomic E-state index is 12.9. The lowest BCUT2D eigenvalue weighted by molar-refractivity contribution is 0.0706. The lowest BCUT2D eigenvalue weighted by Gasteiger charge is -2.33. The first-order valence-electron chi connectivity index (χ1n) is 8.94. The molecule has 1 aliphatic heterocycles. The molecule has 2 aromatic rings. The first kappa shape index (κ1) is 19.1. The van der Waals surface area contributed by atoms with Crippen LogP contribution < -0.4 is 5.73 Å². The molecule has 1 heterocycles. The first-order valence-corrected chi connectivity index (χ1v) is 9.32. The summed E-state index contributed by atoms with van der Waals surface area (Å²) in [6.07, 6.45) is 2.01. The van der Waals surface area contributed by atoms with Crippen molar-refractivity contribution in [2.45, 2.75) is 25.7 Å². The molecule has 140 valence electrons. The molecule has 0 aromatic heterocycles. The van der Waals surface area contributed by atoms with Crippen LogP contribution in [-0.4, -0.2) is 35.6 Å².